The fraction of sp³-hybridized carbons (Fsp3) is 0.429. The maximum Gasteiger partial charge on any atom is 0.319 e. The molecule has 1 aliphatic heterocycles. The Bertz CT molecular complexity index is 524. The number of hydrogen-bond donors (Lipinski definition) is 4. The summed E-state index contributed by atoms with van der Waals surface area (Å²) in [5.41, 5.74) is 1.44. The first-order valence-corrected chi connectivity index (χ1v) is 8.16. The number of amides is 3. The highest BCUT2D eigenvalue weighted by atomic mass is 32.2. The topological polar surface area (TPSA) is 82.3 Å². The van der Waals surface area contributed by atoms with Crippen molar-refractivity contribution in [3.05, 3.63) is 24.3 Å². The number of carbonyl (C=O) groups excluding carboxylic acids is 2. The minimum absolute atomic E-state index is 0.0211. The van der Waals surface area contributed by atoms with Gasteiger partial charge in [-0.3, -0.25) is 10.1 Å². The highest BCUT2D eigenvalue weighted by Crippen LogP contribution is 2.19. The molecular weight excluding hydrogens is 288 g/mol. The van der Waals surface area contributed by atoms with Gasteiger partial charge in [-0.05, 0) is 37.1 Å². The van der Waals surface area contributed by atoms with Gasteiger partial charge in [-0.25, -0.2) is 4.79 Å². The molecule has 1 atom stereocenters. The molecule has 1 aliphatic carbocycles. The van der Waals surface area contributed by atoms with E-state index >= 15 is 0 Å². The lowest BCUT2D eigenvalue weighted by atomic mass is 10.2. The Balaban J connectivity index is 1.50. The second kappa shape index (κ2) is 6.36. The first-order valence-electron chi connectivity index (χ1n) is 7.00. The Hall–Kier alpha value is -1.73. The second-order valence-electron chi connectivity index (χ2n) is 5.21. The Morgan fingerprint density at radius 3 is 2.33 bits per heavy atom. The lowest BCUT2D eigenvalue weighted by molar-refractivity contribution is -0.117. The third-order valence-corrected chi connectivity index (χ3v) is 4.30. The third kappa shape index (κ3) is 4.12. The van der Waals surface area contributed by atoms with Crippen molar-refractivity contribution in [2.45, 2.75) is 24.9 Å². The summed E-state index contributed by atoms with van der Waals surface area (Å²) in [6.45, 7) is 0. The first kappa shape index (κ1) is 14.2. The van der Waals surface area contributed by atoms with Gasteiger partial charge in [0.1, 0.15) is 0 Å². The molecule has 3 amide bonds. The molecule has 4 N–H and O–H groups in total. The molecule has 0 spiro atoms. The molecule has 0 bridgehead atoms. The molecule has 0 aromatic heterocycles. The summed E-state index contributed by atoms with van der Waals surface area (Å²) in [5.74, 6) is 1.59. The summed E-state index contributed by atoms with van der Waals surface area (Å²) < 4.78 is 0. The number of anilines is 2. The van der Waals surface area contributed by atoms with E-state index in [1.165, 1.54) is 0 Å². The van der Waals surface area contributed by atoms with Crippen LogP contribution in [-0.4, -0.2) is 35.7 Å². The minimum atomic E-state index is -0.179. The lowest BCUT2D eigenvalue weighted by Gasteiger charge is -2.11. The van der Waals surface area contributed by atoms with E-state index in [1.807, 2.05) is 0 Å². The molecule has 1 saturated carbocycles. The molecule has 2 fully saturated rings. The average Bonchev–Trinajstić information content (AvgIpc) is 3.10. The van der Waals surface area contributed by atoms with Crippen LogP contribution in [0.15, 0.2) is 24.3 Å². The van der Waals surface area contributed by atoms with Crippen molar-refractivity contribution >= 4 is 35.1 Å². The van der Waals surface area contributed by atoms with Crippen LogP contribution in [0.25, 0.3) is 0 Å². The zero-order valence-corrected chi connectivity index (χ0v) is 12.3. The maximum atomic E-state index is 11.9. The van der Waals surface area contributed by atoms with E-state index in [0.29, 0.717) is 11.7 Å². The van der Waals surface area contributed by atoms with Crippen molar-refractivity contribution < 1.29 is 9.59 Å². The largest absolute Gasteiger partial charge is 0.335 e. The number of carbonyl (C=O) groups is 2. The van der Waals surface area contributed by atoms with Gasteiger partial charge in [0.05, 0.1) is 6.04 Å². The smallest absolute Gasteiger partial charge is 0.319 e. The van der Waals surface area contributed by atoms with Crippen LogP contribution in [-0.2, 0) is 4.79 Å². The van der Waals surface area contributed by atoms with Gasteiger partial charge >= 0.3 is 6.03 Å². The van der Waals surface area contributed by atoms with Crippen LogP contribution in [0.5, 0.6) is 0 Å². The van der Waals surface area contributed by atoms with E-state index in [1.54, 1.807) is 36.0 Å². The maximum absolute atomic E-state index is 11.9. The Labute approximate surface area is 127 Å². The predicted molar refractivity (Wildman–Crippen MR) is 84.5 cm³/mol. The Morgan fingerprint density at radius 1 is 1.10 bits per heavy atom. The Kier molecular flexibility index (Phi) is 4.31. The van der Waals surface area contributed by atoms with Gasteiger partial charge in [-0.1, -0.05) is 0 Å². The molecule has 1 saturated heterocycles. The first-order chi connectivity index (χ1) is 10.2. The zero-order chi connectivity index (χ0) is 14.7. The Morgan fingerprint density at radius 2 is 1.76 bits per heavy atom. The highest BCUT2D eigenvalue weighted by Gasteiger charge is 2.23. The SMILES string of the molecule is O=C(Nc1ccc(NC(=O)C2CSCN2)cc1)NC1CC1. The minimum Gasteiger partial charge on any atom is -0.335 e. The molecule has 7 heteroatoms. The lowest BCUT2D eigenvalue weighted by Crippen LogP contribution is -2.37. The van der Waals surface area contributed by atoms with Gasteiger partial charge in [0, 0.05) is 29.0 Å². The molecule has 1 aromatic rings. The van der Waals surface area contributed by atoms with Crippen LogP contribution in [0.1, 0.15) is 12.8 Å². The van der Waals surface area contributed by atoms with Gasteiger partial charge < -0.3 is 16.0 Å². The van der Waals surface area contributed by atoms with Crippen LogP contribution in [0, 0.1) is 0 Å². The van der Waals surface area contributed by atoms with Crippen LogP contribution < -0.4 is 21.3 Å². The number of thioether (sulfide) groups is 1. The van der Waals surface area contributed by atoms with Crippen LogP contribution in [0.4, 0.5) is 16.2 Å². The van der Waals surface area contributed by atoms with Crippen LogP contribution in [0.2, 0.25) is 0 Å². The number of benzene rings is 1. The molecular formula is C14H18N4O2S. The molecule has 1 heterocycles. The van der Waals surface area contributed by atoms with Crippen LogP contribution in [0.3, 0.4) is 0 Å². The fourth-order valence-corrected chi connectivity index (χ4v) is 2.95. The average molecular weight is 306 g/mol. The van der Waals surface area contributed by atoms with Crippen molar-refractivity contribution in [1.29, 1.82) is 0 Å². The number of hydrogen-bond acceptors (Lipinski definition) is 4. The van der Waals surface area contributed by atoms with E-state index in [2.05, 4.69) is 21.3 Å². The normalized spacial score (nSPS) is 20.9. The summed E-state index contributed by atoms with van der Waals surface area (Å²) in [4.78, 5) is 23.5. The van der Waals surface area contributed by atoms with Crippen LogP contribution >= 0.6 is 11.8 Å². The van der Waals surface area contributed by atoms with E-state index < -0.39 is 0 Å². The monoisotopic (exact) mass is 306 g/mol. The van der Waals surface area contributed by atoms with Crippen molar-refractivity contribution in [3.63, 3.8) is 0 Å². The third-order valence-electron chi connectivity index (χ3n) is 3.36. The summed E-state index contributed by atoms with van der Waals surface area (Å²) in [5, 5.41) is 11.6. The van der Waals surface area contributed by atoms with E-state index in [0.717, 1.165) is 30.2 Å². The quantitative estimate of drug-likeness (QED) is 0.680. The van der Waals surface area contributed by atoms with Crippen molar-refractivity contribution in [2.24, 2.45) is 0 Å². The summed E-state index contributed by atoms with van der Waals surface area (Å²) in [6, 6.07) is 7.15. The molecule has 21 heavy (non-hydrogen) atoms. The standard InChI is InChI=1S/C14H18N4O2S/c19-13(12-7-21-8-15-12)16-9-1-3-10(4-2-9)17-14(20)18-11-5-6-11/h1-4,11-12,15H,5-8H2,(H,16,19)(H2,17,18,20). The van der Waals surface area contributed by atoms with Gasteiger partial charge in [0.15, 0.2) is 0 Å². The zero-order valence-electron chi connectivity index (χ0n) is 11.5. The molecule has 6 nitrogen and oxygen atoms in total. The van der Waals surface area contributed by atoms with Crippen molar-refractivity contribution in [1.82, 2.24) is 10.6 Å². The van der Waals surface area contributed by atoms with Gasteiger partial charge in [0.25, 0.3) is 0 Å². The van der Waals surface area contributed by atoms with E-state index in [4.69, 9.17) is 0 Å². The van der Waals surface area contributed by atoms with E-state index in [9.17, 15) is 9.59 Å². The predicted octanol–water partition coefficient (Wildman–Crippen LogP) is 1.57. The number of rotatable bonds is 4. The van der Waals surface area contributed by atoms with Crippen molar-refractivity contribution in [2.75, 3.05) is 22.3 Å². The van der Waals surface area contributed by atoms with Gasteiger partial charge in [-0.2, -0.15) is 0 Å². The molecule has 1 unspecified atom stereocenters. The fourth-order valence-electron chi connectivity index (χ4n) is 2.01. The number of nitrogens with one attached hydrogen (secondary N) is 4. The molecule has 3 rings (SSSR count). The molecule has 2 aliphatic rings. The molecule has 1 aromatic carbocycles. The highest BCUT2D eigenvalue weighted by molar-refractivity contribution is 7.99. The summed E-state index contributed by atoms with van der Waals surface area (Å²) >= 11 is 1.71. The van der Waals surface area contributed by atoms with Gasteiger partial charge in [0.2, 0.25) is 5.91 Å². The van der Waals surface area contributed by atoms with Gasteiger partial charge in [-0.15, -0.1) is 11.8 Å². The molecule has 0 radical (unpaired) electrons. The van der Waals surface area contributed by atoms with Crippen molar-refractivity contribution in [3.8, 4) is 0 Å². The number of urea groups is 1. The molecule has 112 valence electrons. The second-order valence-corrected chi connectivity index (χ2v) is 6.24. The summed E-state index contributed by atoms with van der Waals surface area (Å²) in [7, 11) is 0. The summed E-state index contributed by atoms with van der Waals surface area (Å²) in [6.07, 6.45) is 2.12. The van der Waals surface area contributed by atoms with E-state index in [-0.39, 0.29) is 18.0 Å².